The van der Waals surface area contributed by atoms with E-state index in [0.29, 0.717) is 23.3 Å². The number of ether oxygens (including phenoxy) is 1. The first-order chi connectivity index (χ1) is 12.1. The van der Waals surface area contributed by atoms with Crippen molar-refractivity contribution < 1.29 is 4.74 Å². The number of nitrogens with two attached hydrogens (primary N) is 1. The number of hydrogen-bond acceptors (Lipinski definition) is 8. The Hall–Kier alpha value is -2.03. The Morgan fingerprint density at radius 3 is 2.76 bits per heavy atom. The van der Waals surface area contributed by atoms with Crippen LogP contribution < -0.4 is 15.8 Å². The third-order valence-corrected chi connectivity index (χ3v) is 5.55. The highest BCUT2D eigenvalue weighted by Crippen LogP contribution is 2.27. The maximum absolute atomic E-state index is 5.94. The van der Waals surface area contributed by atoms with Crippen molar-refractivity contribution in [3.63, 3.8) is 0 Å². The van der Waals surface area contributed by atoms with Crippen LogP contribution in [0.1, 0.15) is 10.7 Å². The Balaban J connectivity index is 1.67. The Morgan fingerprint density at radius 1 is 1.16 bits per heavy atom. The summed E-state index contributed by atoms with van der Waals surface area (Å²) in [5, 5.41) is 3.12. The number of nitrogens with zero attached hydrogens (tertiary/aromatic N) is 3. The van der Waals surface area contributed by atoms with Crippen molar-refractivity contribution in [1.82, 2.24) is 15.0 Å². The van der Waals surface area contributed by atoms with Crippen LogP contribution >= 0.6 is 34.7 Å². The predicted octanol–water partition coefficient (Wildman–Crippen LogP) is 4.35. The molecule has 25 heavy (non-hydrogen) atoms. The van der Waals surface area contributed by atoms with Gasteiger partial charge in [-0.2, -0.15) is 15.0 Å². The highest BCUT2D eigenvalue weighted by molar-refractivity contribution is 7.97. The zero-order valence-electron chi connectivity index (χ0n) is 13.4. The Kier molecular flexibility index (Phi) is 5.95. The molecule has 0 atom stereocenters. The molecule has 0 aliphatic heterocycles. The Morgan fingerprint density at radius 2 is 2.00 bits per heavy atom. The van der Waals surface area contributed by atoms with Gasteiger partial charge >= 0.3 is 0 Å². The molecule has 130 valence electrons. The van der Waals surface area contributed by atoms with Crippen molar-refractivity contribution in [3.8, 4) is 5.75 Å². The molecular formula is C16H16ClN5OS2. The van der Waals surface area contributed by atoms with Crippen LogP contribution in [0.25, 0.3) is 0 Å². The molecule has 0 radical (unpaired) electrons. The summed E-state index contributed by atoms with van der Waals surface area (Å²) in [6, 6.07) is 11.5. The average Bonchev–Trinajstić information content (AvgIpc) is 3.00. The van der Waals surface area contributed by atoms with E-state index in [9.17, 15) is 0 Å². The summed E-state index contributed by atoms with van der Waals surface area (Å²) in [6.07, 6.45) is 0. The molecule has 0 aliphatic rings. The molecule has 0 spiro atoms. The maximum Gasteiger partial charge on any atom is 0.232 e. The van der Waals surface area contributed by atoms with Crippen LogP contribution in [0.15, 0.2) is 36.4 Å². The van der Waals surface area contributed by atoms with E-state index in [-0.39, 0.29) is 5.95 Å². The second kappa shape index (κ2) is 8.37. The van der Waals surface area contributed by atoms with E-state index < -0.39 is 0 Å². The normalized spacial score (nSPS) is 10.6. The maximum atomic E-state index is 5.94. The Bertz CT molecular complexity index is 858. The number of anilines is 3. The van der Waals surface area contributed by atoms with Crippen molar-refractivity contribution in [1.29, 1.82) is 0 Å². The van der Waals surface area contributed by atoms with Crippen molar-refractivity contribution >= 4 is 52.3 Å². The van der Waals surface area contributed by atoms with Crippen LogP contribution in [0, 0.1) is 0 Å². The third kappa shape index (κ3) is 4.97. The first kappa shape index (κ1) is 17.8. The summed E-state index contributed by atoms with van der Waals surface area (Å²) in [5.41, 5.74) is 6.58. The lowest BCUT2D eigenvalue weighted by molar-refractivity contribution is 0.417. The number of hydrogen-bond donors (Lipinski definition) is 2. The van der Waals surface area contributed by atoms with E-state index in [1.54, 1.807) is 30.2 Å². The van der Waals surface area contributed by atoms with Crippen molar-refractivity contribution in [3.05, 3.63) is 51.4 Å². The molecule has 3 N–H and O–H groups in total. The average molecular weight is 394 g/mol. The van der Waals surface area contributed by atoms with Gasteiger partial charge in [0.05, 0.1) is 22.9 Å². The number of benzene rings is 1. The smallest absolute Gasteiger partial charge is 0.232 e. The lowest BCUT2D eigenvalue weighted by Gasteiger charge is -2.10. The van der Waals surface area contributed by atoms with Crippen molar-refractivity contribution in [2.75, 3.05) is 18.2 Å². The van der Waals surface area contributed by atoms with Crippen LogP contribution in [0.4, 0.5) is 17.6 Å². The molecule has 0 fully saturated rings. The third-order valence-electron chi connectivity index (χ3n) is 3.16. The van der Waals surface area contributed by atoms with Gasteiger partial charge in [-0.1, -0.05) is 23.7 Å². The van der Waals surface area contributed by atoms with E-state index in [2.05, 4.69) is 20.3 Å². The minimum atomic E-state index is 0.183. The SMILES string of the molecule is COc1ccccc1Nc1nc(N)nc(CSCc2ccc(Cl)s2)n1. The van der Waals surface area contributed by atoms with E-state index in [1.807, 2.05) is 36.4 Å². The van der Waals surface area contributed by atoms with E-state index in [0.717, 1.165) is 15.8 Å². The lowest BCUT2D eigenvalue weighted by Crippen LogP contribution is -2.07. The van der Waals surface area contributed by atoms with Crippen LogP contribution in [0.2, 0.25) is 4.34 Å². The van der Waals surface area contributed by atoms with E-state index in [4.69, 9.17) is 22.1 Å². The molecule has 0 aliphatic carbocycles. The van der Waals surface area contributed by atoms with Crippen LogP contribution in [-0.4, -0.2) is 22.1 Å². The second-order valence-electron chi connectivity index (χ2n) is 4.96. The first-order valence-corrected chi connectivity index (χ1v) is 9.71. The van der Waals surface area contributed by atoms with Crippen molar-refractivity contribution in [2.24, 2.45) is 0 Å². The van der Waals surface area contributed by atoms with Gasteiger partial charge in [-0.05, 0) is 24.3 Å². The fraction of sp³-hybridized carbons (Fsp3) is 0.188. The van der Waals surface area contributed by atoms with Gasteiger partial charge in [0.1, 0.15) is 11.6 Å². The van der Waals surface area contributed by atoms with Gasteiger partial charge < -0.3 is 15.8 Å². The molecule has 3 rings (SSSR count). The Labute approximate surface area is 158 Å². The van der Waals surface area contributed by atoms with Gasteiger partial charge in [0.2, 0.25) is 11.9 Å². The molecule has 6 nitrogen and oxygen atoms in total. The van der Waals surface area contributed by atoms with Crippen LogP contribution in [0.5, 0.6) is 5.75 Å². The number of nitrogens with one attached hydrogen (secondary N) is 1. The standard InChI is InChI=1S/C16H16ClN5OS2/c1-23-12-5-3-2-4-11(12)19-16-21-14(20-15(18)22-16)9-24-8-10-6-7-13(17)25-10/h2-7H,8-9H2,1H3,(H3,18,19,20,21,22). The fourth-order valence-electron chi connectivity index (χ4n) is 2.10. The number of nitrogen functional groups attached to an aromatic ring is 1. The van der Waals surface area contributed by atoms with Gasteiger partial charge in [0, 0.05) is 10.6 Å². The van der Waals surface area contributed by atoms with Crippen LogP contribution in [0.3, 0.4) is 0 Å². The summed E-state index contributed by atoms with van der Waals surface area (Å²) in [4.78, 5) is 14.0. The van der Waals surface area contributed by atoms with Crippen LogP contribution in [-0.2, 0) is 11.5 Å². The minimum absolute atomic E-state index is 0.183. The molecule has 0 saturated heterocycles. The molecule has 0 saturated carbocycles. The molecule has 0 unspecified atom stereocenters. The number of halogens is 1. The molecule has 0 bridgehead atoms. The number of rotatable bonds is 7. The highest BCUT2D eigenvalue weighted by atomic mass is 35.5. The number of para-hydroxylation sites is 2. The van der Waals surface area contributed by atoms with Gasteiger partial charge in [-0.15, -0.1) is 23.1 Å². The van der Waals surface area contributed by atoms with Gasteiger partial charge in [0.25, 0.3) is 0 Å². The molecule has 9 heteroatoms. The number of thioether (sulfide) groups is 1. The quantitative estimate of drug-likeness (QED) is 0.616. The fourth-order valence-corrected chi connectivity index (χ4v) is 4.18. The molecule has 3 aromatic rings. The molecule has 2 heterocycles. The zero-order valence-corrected chi connectivity index (χ0v) is 15.8. The summed E-state index contributed by atoms with van der Waals surface area (Å²) in [7, 11) is 1.61. The topological polar surface area (TPSA) is 86.0 Å². The summed E-state index contributed by atoms with van der Waals surface area (Å²) in [6.45, 7) is 0. The first-order valence-electron chi connectivity index (χ1n) is 7.36. The lowest BCUT2D eigenvalue weighted by atomic mass is 10.3. The predicted molar refractivity (Wildman–Crippen MR) is 105 cm³/mol. The van der Waals surface area contributed by atoms with Gasteiger partial charge in [-0.25, -0.2) is 0 Å². The molecule has 0 amide bonds. The summed E-state index contributed by atoms with van der Waals surface area (Å²) in [5.74, 6) is 3.37. The largest absolute Gasteiger partial charge is 0.495 e. The molecule has 2 aromatic heterocycles. The second-order valence-corrected chi connectivity index (χ2v) is 7.74. The zero-order chi connectivity index (χ0) is 17.6. The number of thiophene rings is 1. The van der Waals surface area contributed by atoms with Gasteiger partial charge in [0.15, 0.2) is 0 Å². The number of aromatic nitrogens is 3. The molecular weight excluding hydrogens is 378 g/mol. The van der Waals surface area contributed by atoms with Gasteiger partial charge in [-0.3, -0.25) is 0 Å². The number of methoxy groups -OCH3 is 1. The highest BCUT2D eigenvalue weighted by Gasteiger charge is 2.08. The van der Waals surface area contributed by atoms with E-state index in [1.165, 1.54) is 4.88 Å². The van der Waals surface area contributed by atoms with E-state index >= 15 is 0 Å². The summed E-state index contributed by atoms with van der Waals surface area (Å²) < 4.78 is 6.11. The van der Waals surface area contributed by atoms with Crippen molar-refractivity contribution in [2.45, 2.75) is 11.5 Å². The minimum Gasteiger partial charge on any atom is -0.495 e. The molecule has 1 aromatic carbocycles. The summed E-state index contributed by atoms with van der Waals surface area (Å²) >= 11 is 9.21. The monoisotopic (exact) mass is 393 g/mol.